The third-order valence-corrected chi connectivity index (χ3v) is 2.79. The van der Waals surface area contributed by atoms with Gasteiger partial charge < -0.3 is 10.4 Å². The van der Waals surface area contributed by atoms with E-state index in [2.05, 4.69) is 17.2 Å². The maximum absolute atomic E-state index is 13.8. The molecule has 3 nitrogen and oxygen atoms in total. The summed E-state index contributed by atoms with van der Waals surface area (Å²) >= 11 is 0. The number of aliphatic hydroxyl groups is 1. The Labute approximate surface area is 119 Å². The fourth-order valence-corrected chi connectivity index (χ4v) is 1.78. The molecule has 1 aromatic carbocycles. The van der Waals surface area contributed by atoms with Gasteiger partial charge in [0.15, 0.2) is 0 Å². The summed E-state index contributed by atoms with van der Waals surface area (Å²) in [6.45, 7) is 3.92. The lowest BCUT2D eigenvalue weighted by Crippen LogP contribution is -2.32. The van der Waals surface area contributed by atoms with Crippen LogP contribution in [-0.4, -0.2) is 23.7 Å². The van der Waals surface area contributed by atoms with Gasteiger partial charge in [-0.05, 0) is 31.5 Å². The van der Waals surface area contributed by atoms with Gasteiger partial charge in [0.2, 0.25) is 0 Å². The molecule has 0 radical (unpaired) electrons. The van der Waals surface area contributed by atoms with E-state index >= 15 is 0 Å². The lowest BCUT2D eigenvalue weighted by Gasteiger charge is -2.12. The number of carbonyl (C=O) groups excluding carboxylic acids is 1. The molecule has 1 atom stereocenters. The van der Waals surface area contributed by atoms with Crippen LogP contribution in [0.25, 0.3) is 0 Å². The molecule has 0 saturated heterocycles. The van der Waals surface area contributed by atoms with Crippen molar-refractivity contribution in [3.05, 3.63) is 35.1 Å². The zero-order chi connectivity index (χ0) is 15.0. The molecule has 4 heteroatoms. The van der Waals surface area contributed by atoms with E-state index in [0.717, 1.165) is 12.8 Å². The molecule has 0 heterocycles. The fraction of sp³-hybridized carbons (Fsp3) is 0.438. The number of nitrogens with one attached hydrogen (secondary N) is 1. The third kappa shape index (κ3) is 5.02. The van der Waals surface area contributed by atoms with Gasteiger partial charge in [-0.2, -0.15) is 0 Å². The number of aliphatic hydroxyl groups excluding tert-OH is 1. The number of carbonyl (C=O) groups is 1. The SMILES string of the molecule is CCCC(C)NC(=O)c1ccc(C#CCCO)c(F)c1. The molecule has 108 valence electrons. The highest BCUT2D eigenvalue weighted by molar-refractivity contribution is 5.94. The molecule has 0 spiro atoms. The highest BCUT2D eigenvalue weighted by atomic mass is 19.1. The Bertz CT molecular complexity index is 517. The molecule has 20 heavy (non-hydrogen) atoms. The molecule has 0 saturated carbocycles. The van der Waals surface area contributed by atoms with Gasteiger partial charge in [0.25, 0.3) is 5.91 Å². The van der Waals surface area contributed by atoms with Crippen LogP contribution in [0.3, 0.4) is 0 Å². The molecule has 1 rings (SSSR count). The second-order valence-electron chi connectivity index (χ2n) is 4.63. The Hall–Kier alpha value is -1.86. The average Bonchev–Trinajstić information content (AvgIpc) is 2.41. The maximum Gasteiger partial charge on any atom is 0.251 e. The zero-order valence-electron chi connectivity index (χ0n) is 11.9. The predicted molar refractivity (Wildman–Crippen MR) is 76.8 cm³/mol. The number of halogens is 1. The molecule has 1 unspecified atom stereocenters. The van der Waals surface area contributed by atoms with E-state index in [-0.39, 0.29) is 29.7 Å². The van der Waals surface area contributed by atoms with Crippen LogP contribution in [0.2, 0.25) is 0 Å². The van der Waals surface area contributed by atoms with Gasteiger partial charge in [-0.15, -0.1) is 0 Å². The summed E-state index contributed by atoms with van der Waals surface area (Å²) in [5, 5.41) is 11.4. The van der Waals surface area contributed by atoms with Gasteiger partial charge in [0.05, 0.1) is 12.2 Å². The summed E-state index contributed by atoms with van der Waals surface area (Å²) in [6.07, 6.45) is 2.17. The van der Waals surface area contributed by atoms with Crippen molar-refractivity contribution in [3.8, 4) is 11.8 Å². The summed E-state index contributed by atoms with van der Waals surface area (Å²) in [5.41, 5.74) is 0.523. The summed E-state index contributed by atoms with van der Waals surface area (Å²) in [7, 11) is 0. The van der Waals surface area contributed by atoms with Crippen molar-refractivity contribution in [2.45, 2.75) is 39.2 Å². The molecule has 0 aliphatic heterocycles. The Kier molecular flexibility index (Phi) is 6.75. The highest BCUT2D eigenvalue weighted by Gasteiger charge is 2.11. The first-order valence-electron chi connectivity index (χ1n) is 6.78. The minimum atomic E-state index is -0.522. The van der Waals surface area contributed by atoms with Crippen molar-refractivity contribution in [3.63, 3.8) is 0 Å². The van der Waals surface area contributed by atoms with E-state index in [9.17, 15) is 9.18 Å². The van der Waals surface area contributed by atoms with E-state index < -0.39 is 5.82 Å². The normalized spacial score (nSPS) is 11.4. The van der Waals surface area contributed by atoms with Gasteiger partial charge in [-0.25, -0.2) is 4.39 Å². The smallest absolute Gasteiger partial charge is 0.251 e. The van der Waals surface area contributed by atoms with Crippen LogP contribution < -0.4 is 5.32 Å². The summed E-state index contributed by atoms with van der Waals surface area (Å²) in [4.78, 5) is 11.9. The van der Waals surface area contributed by atoms with E-state index in [1.807, 2.05) is 13.8 Å². The number of hydrogen-bond acceptors (Lipinski definition) is 2. The number of amides is 1. The summed E-state index contributed by atoms with van der Waals surface area (Å²) in [6, 6.07) is 4.30. The van der Waals surface area contributed by atoms with E-state index in [0.29, 0.717) is 6.42 Å². The first kappa shape index (κ1) is 16.2. The van der Waals surface area contributed by atoms with Crippen LogP contribution in [0.1, 0.15) is 49.0 Å². The third-order valence-electron chi connectivity index (χ3n) is 2.79. The van der Waals surface area contributed by atoms with Crippen LogP contribution in [0, 0.1) is 17.7 Å². The lowest BCUT2D eigenvalue weighted by atomic mass is 10.1. The quantitative estimate of drug-likeness (QED) is 0.812. The van der Waals surface area contributed by atoms with E-state index in [1.54, 1.807) is 6.07 Å². The van der Waals surface area contributed by atoms with E-state index in [1.165, 1.54) is 12.1 Å². The summed E-state index contributed by atoms with van der Waals surface area (Å²) in [5.74, 6) is 4.47. The molecular weight excluding hydrogens is 257 g/mol. The largest absolute Gasteiger partial charge is 0.395 e. The molecule has 0 bridgehead atoms. The van der Waals surface area contributed by atoms with Crippen LogP contribution in [0.15, 0.2) is 18.2 Å². The van der Waals surface area contributed by atoms with Crippen LogP contribution >= 0.6 is 0 Å². The first-order valence-corrected chi connectivity index (χ1v) is 6.78. The Morgan fingerprint density at radius 3 is 2.85 bits per heavy atom. The predicted octanol–water partition coefficient (Wildman–Crippen LogP) is 2.48. The fourth-order valence-electron chi connectivity index (χ4n) is 1.78. The molecule has 0 aliphatic rings. The average molecular weight is 277 g/mol. The standard InChI is InChI=1S/C16H20FNO2/c1-3-6-12(2)18-16(20)14-9-8-13(15(17)11-14)7-4-5-10-19/h8-9,11-12,19H,3,5-6,10H2,1-2H3,(H,18,20). The van der Waals surface area contributed by atoms with Crippen molar-refractivity contribution in [1.82, 2.24) is 5.32 Å². The van der Waals surface area contributed by atoms with Gasteiger partial charge in [0, 0.05) is 18.0 Å². The van der Waals surface area contributed by atoms with E-state index in [4.69, 9.17) is 5.11 Å². The number of hydrogen-bond donors (Lipinski definition) is 2. The number of benzene rings is 1. The second-order valence-corrected chi connectivity index (χ2v) is 4.63. The van der Waals surface area contributed by atoms with Crippen molar-refractivity contribution < 1.29 is 14.3 Å². The van der Waals surface area contributed by atoms with Gasteiger partial charge in [-0.3, -0.25) is 4.79 Å². The molecule has 2 N–H and O–H groups in total. The molecule has 1 aromatic rings. The van der Waals surface area contributed by atoms with Crippen LogP contribution in [0.5, 0.6) is 0 Å². The lowest BCUT2D eigenvalue weighted by molar-refractivity contribution is 0.0938. The summed E-state index contributed by atoms with van der Waals surface area (Å²) < 4.78 is 13.8. The van der Waals surface area contributed by atoms with Gasteiger partial charge >= 0.3 is 0 Å². The van der Waals surface area contributed by atoms with Crippen molar-refractivity contribution in [2.75, 3.05) is 6.61 Å². The minimum Gasteiger partial charge on any atom is -0.395 e. The van der Waals surface area contributed by atoms with Crippen LogP contribution in [-0.2, 0) is 0 Å². The topological polar surface area (TPSA) is 49.3 Å². The Morgan fingerprint density at radius 1 is 1.50 bits per heavy atom. The molecular formula is C16H20FNO2. The molecule has 0 aromatic heterocycles. The first-order chi connectivity index (χ1) is 9.58. The number of rotatable bonds is 5. The Morgan fingerprint density at radius 2 is 2.25 bits per heavy atom. The molecule has 0 fully saturated rings. The Balaban J connectivity index is 2.77. The second kappa shape index (κ2) is 8.34. The zero-order valence-corrected chi connectivity index (χ0v) is 11.9. The van der Waals surface area contributed by atoms with Gasteiger partial charge in [0.1, 0.15) is 5.82 Å². The van der Waals surface area contributed by atoms with Crippen LogP contribution in [0.4, 0.5) is 4.39 Å². The van der Waals surface area contributed by atoms with Gasteiger partial charge in [-0.1, -0.05) is 25.2 Å². The van der Waals surface area contributed by atoms with Crippen molar-refractivity contribution in [2.24, 2.45) is 0 Å². The minimum absolute atomic E-state index is 0.0512. The van der Waals surface area contributed by atoms with Crippen molar-refractivity contribution >= 4 is 5.91 Å². The van der Waals surface area contributed by atoms with Crippen molar-refractivity contribution in [1.29, 1.82) is 0 Å². The maximum atomic E-state index is 13.8. The highest BCUT2D eigenvalue weighted by Crippen LogP contribution is 2.10. The monoisotopic (exact) mass is 277 g/mol. The molecule has 1 amide bonds. The molecule has 0 aliphatic carbocycles.